The van der Waals surface area contributed by atoms with E-state index >= 15 is 0 Å². The Labute approximate surface area is 95.2 Å². The Hall–Kier alpha value is -0.260. The smallest absolute Gasteiger partial charge is 0.307 e. The molecule has 4 nitrogen and oxygen atoms in total. The molecule has 0 bridgehead atoms. The summed E-state index contributed by atoms with van der Waals surface area (Å²) >= 11 is 1.46. The van der Waals surface area contributed by atoms with Crippen molar-refractivity contribution in [1.82, 2.24) is 4.90 Å². The molecule has 0 radical (unpaired) electrons. The number of carboxylic acid groups (broad SMARTS) is 1. The molecular formula is C10H19NO3S. The number of hydrogen-bond acceptors (Lipinski definition) is 4. The van der Waals surface area contributed by atoms with Crippen molar-refractivity contribution in [2.75, 3.05) is 32.5 Å². The van der Waals surface area contributed by atoms with Crippen LogP contribution >= 0.6 is 12.0 Å². The van der Waals surface area contributed by atoms with Gasteiger partial charge in [0.15, 0.2) is 0 Å². The Kier molecular flexibility index (Phi) is 6.05. The fourth-order valence-corrected chi connectivity index (χ4v) is 2.30. The summed E-state index contributed by atoms with van der Waals surface area (Å²) in [5.41, 5.74) is 0. The zero-order valence-electron chi connectivity index (χ0n) is 9.15. The first kappa shape index (κ1) is 12.8. The molecule has 88 valence electrons. The Morgan fingerprint density at radius 2 is 2.47 bits per heavy atom. The van der Waals surface area contributed by atoms with Gasteiger partial charge in [0, 0.05) is 12.3 Å². The van der Waals surface area contributed by atoms with Crippen molar-refractivity contribution in [1.29, 1.82) is 0 Å². The number of nitrogens with zero attached hydrogens (tertiary/aromatic N) is 1. The van der Waals surface area contributed by atoms with Crippen molar-refractivity contribution < 1.29 is 14.1 Å². The lowest BCUT2D eigenvalue weighted by Crippen LogP contribution is -2.39. The molecule has 1 aliphatic rings. The minimum absolute atomic E-state index is 0.158. The van der Waals surface area contributed by atoms with Crippen molar-refractivity contribution in [2.24, 2.45) is 5.92 Å². The van der Waals surface area contributed by atoms with E-state index in [1.165, 1.54) is 12.0 Å². The molecule has 15 heavy (non-hydrogen) atoms. The molecule has 1 atom stereocenters. The van der Waals surface area contributed by atoms with Crippen molar-refractivity contribution in [2.45, 2.75) is 19.3 Å². The normalized spacial score (nSPS) is 22.9. The standard InChI is InChI=1S/C10H19NO3S/c1-14-15-7-3-6-11-5-2-4-9(8-11)10(12)13/h9H,2-8H2,1H3,(H,12,13). The van der Waals surface area contributed by atoms with Crippen LogP contribution in [0.15, 0.2) is 0 Å². The average Bonchev–Trinajstić information content (AvgIpc) is 2.25. The minimum atomic E-state index is -0.647. The molecule has 1 heterocycles. The van der Waals surface area contributed by atoms with Crippen molar-refractivity contribution in [3.63, 3.8) is 0 Å². The summed E-state index contributed by atoms with van der Waals surface area (Å²) in [5, 5.41) is 8.91. The first-order valence-electron chi connectivity index (χ1n) is 5.35. The van der Waals surface area contributed by atoms with E-state index < -0.39 is 5.97 Å². The van der Waals surface area contributed by atoms with Gasteiger partial charge in [-0.15, -0.1) is 0 Å². The lowest BCUT2D eigenvalue weighted by atomic mass is 9.98. The number of rotatable bonds is 6. The molecule has 0 aromatic carbocycles. The molecule has 5 heteroatoms. The number of hydrogen-bond donors (Lipinski definition) is 1. The molecule has 1 rings (SSSR count). The second-order valence-corrected chi connectivity index (χ2v) is 4.80. The molecule has 0 saturated carbocycles. The van der Waals surface area contributed by atoms with Gasteiger partial charge in [-0.25, -0.2) is 0 Å². The van der Waals surface area contributed by atoms with E-state index in [9.17, 15) is 4.79 Å². The summed E-state index contributed by atoms with van der Waals surface area (Å²) < 4.78 is 4.89. The zero-order chi connectivity index (χ0) is 11.1. The van der Waals surface area contributed by atoms with Gasteiger partial charge in [0.25, 0.3) is 0 Å². The van der Waals surface area contributed by atoms with Crippen molar-refractivity contribution >= 4 is 18.0 Å². The molecule has 0 amide bonds. The van der Waals surface area contributed by atoms with Crippen LogP contribution in [0.5, 0.6) is 0 Å². The van der Waals surface area contributed by atoms with Gasteiger partial charge in [-0.3, -0.25) is 4.79 Å². The van der Waals surface area contributed by atoms with Gasteiger partial charge >= 0.3 is 5.97 Å². The van der Waals surface area contributed by atoms with Crippen molar-refractivity contribution in [3.8, 4) is 0 Å². The minimum Gasteiger partial charge on any atom is -0.481 e. The fourth-order valence-electron chi connectivity index (χ4n) is 1.89. The number of piperidine rings is 1. The van der Waals surface area contributed by atoms with Crippen LogP contribution in [0.1, 0.15) is 19.3 Å². The SMILES string of the molecule is COSCCCN1CCCC(C(=O)O)C1. The highest BCUT2D eigenvalue weighted by Crippen LogP contribution is 2.17. The van der Waals surface area contributed by atoms with E-state index in [0.29, 0.717) is 6.54 Å². The van der Waals surface area contributed by atoms with Crippen molar-refractivity contribution in [3.05, 3.63) is 0 Å². The van der Waals surface area contributed by atoms with Gasteiger partial charge in [-0.05, 0) is 44.4 Å². The van der Waals surface area contributed by atoms with Crippen LogP contribution in [-0.4, -0.2) is 48.5 Å². The molecule has 0 aromatic rings. The molecule has 1 unspecified atom stereocenters. The fraction of sp³-hybridized carbons (Fsp3) is 0.900. The van der Waals surface area contributed by atoms with Crippen LogP contribution in [0.3, 0.4) is 0 Å². The molecule has 1 fully saturated rings. The monoisotopic (exact) mass is 233 g/mol. The second-order valence-electron chi connectivity index (χ2n) is 3.82. The third-order valence-corrected chi connectivity index (χ3v) is 3.37. The Morgan fingerprint density at radius 1 is 1.67 bits per heavy atom. The lowest BCUT2D eigenvalue weighted by molar-refractivity contribution is -0.143. The molecule has 0 aromatic heterocycles. The van der Waals surface area contributed by atoms with E-state index in [1.54, 1.807) is 7.11 Å². The second kappa shape index (κ2) is 7.09. The van der Waals surface area contributed by atoms with Crippen LogP contribution in [-0.2, 0) is 8.98 Å². The van der Waals surface area contributed by atoms with Gasteiger partial charge in [0.2, 0.25) is 0 Å². The molecule has 0 aliphatic carbocycles. The number of aliphatic carboxylic acids is 1. The molecule has 0 spiro atoms. The maximum atomic E-state index is 10.8. The first-order chi connectivity index (χ1) is 7.24. The summed E-state index contributed by atoms with van der Waals surface area (Å²) in [6, 6.07) is 0. The average molecular weight is 233 g/mol. The largest absolute Gasteiger partial charge is 0.481 e. The maximum Gasteiger partial charge on any atom is 0.307 e. The van der Waals surface area contributed by atoms with Gasteiger partial charge in [0.1, 0.15) is 0 Å². The van der Waals surface area contributed by atoms with E-state index in [2.05, 4.69) is 4.90 Å². The summed E-state index contributed by atoms with van der Waals surface area (Å²) in [4.78, 5) is 13.1. The highest BCUT2D eigenvalue weighted by molar-refractivity contribution is 7.94. The third kappa shape index (κ3) is 4.86. The van der Waals surface area contributed by atoms with Crippen LogP contribution in [0.2, 0.25) is 0 Å². The highest BCUT2D eigenvalue weighted by atomic mass is 32.2. The van der Waals surface area contributed by atoms with Crippen LogP contribution in [0.4, 0.5) is 0 Å². The summed E-state index contributed by atoms with van der Waals surface area (Å²) in [6.45, 7) is 2.74. The van der Waals surface area contributed by atoms with Gasteiger partial charge in [-0.1, -0.05) is 0 Å². The third-order valence-electron chi connectivity index (χ3n) is 2.67. The molecular weight excluding hydrogens is 214 g/mol. The predicted octanol–water partition coefficient (Wildman–Crippen LogP) is 1.47. The Morgan fingerprint density at radius 3 is 3.13 bits per heavy atom. The highest BCUT2D eigenvalue weighted by Gasteiger charge is 2.24. The topological polar surface area (TPSA) is 49.8 Å². The molecule has 1 saturated heterocycles. The van der Waals surface area contributed by atoms with Crippen LogP contribution in [0, 0.1) is 5.92 Å². The van der Waals surface area contributed by atoms with Crippen LogP contribution in [0.25, 0.3) is 0 Å². The van der Waals surface area contributed by atoms with Crippen LogP contribution < -0.4 is 0 Å². The summed E-state index contributed by atoms with van der Waals surface area (Å²) in [7, 11) is 1.67. The molecule has 1 aliphatic heterocycles. The van der Waals surface area contributed by atoms with E-state index in [4.69, 9.17) is 9.29 Å². The molecule has 1 N–H and O–H groups in total. The number of carboxylic acids is 1. The lowest BCUT2D eigenvalue weighted by Gasteiger charge is -2.30. The predicted molar refractivity (Wildman–Crippen MR) is 60.9 cm³/mol. The van der Waals surface area contributed by atoms with Gasteiger partial charge in [0.05, 0.1) is 13.0 Å². The summed E-state index contributed by atoms with van der Waals surface area (Å²) in [5.74, 6) is 0.171. The number of carbonyl (C=O) groups is 1. The maximum absolute atomic E-state index is 10.8. The quantitative estimate of drug-likeness (QED) is 0.556. The Balaban J connectivity index is 2.15. The summed E-state index contributed by atoms with van der Waals surface area (Å²) in [6.07, 6.45) is 2.90. The zero-order valence-corrected chi connectivity index (χ0v) is 9.96. The number of likely N-dealkylation sites (tertiary alicyclic amines) is 1. The van der Waals surface area contributed by atoms with Gasteiger partial charge in [-0.2, -0.15) is 0 Å². The first-order valence-corrected chi connectivity index (χ1v) is 6.26. The van der Waals surface area contributed by atoms with Gasteiger partial charge < -0.3 is 14.2 Å². The van der Waals surface area contributed by atoms with E-state index in [1.807, 2.05) is 0 Å². The van der Waals surface area contributed by atoms with E-state index in [-0.39, 0.29) is 5.92 Å². The van der Waals surface area contributed by atoms with E-state index in [0.717, 1.165) is 38.1 Å². The Bertz CT molecular complexity index is 201.